The fourth-order valence-electron chi connectivity index (χ4n) is 1.86. The van der Waals surface area contributed by atoms with E-state index in [-0.39, 0.29) is 5.91 Å². The van der Waals surface area contributed by atoms with Crippen molar-refractivity contribution in [1.82, 2.24) is 5.32 Å². The predicted octanol–water partition coefficient (Wildman–Crippen LogP) is 2.20. The van der Waals surface area contributed by atoms with Crippen molar-refractivity contribution in [3.63, 3.8) is 0 Å². The first kappa shape index (κ1) is 17.1. The van der Waals surface area contributed by atoms with Gasteiger partial charge in [-0.1, -0.05) is 28.1 Å². The van der Waals surface area contributed by atoms with Crippen molar-refractivity contribution in [2.45, 2.75) is 32.3 Å². The lowest BCUT2D eigenvalue weighted by atomic mass is 10.1. The standard InChI is InChI=1S/C15H22BrNO3/c1-11-9-12(3-5-14(11)16)4-6-15(19)17-8-7-13(18)10-20-2/h3,5,9,13,18H,4,6-8,10H2,1-2H3,(H,17,19). The van der Waals surface area contributed by atoms with Crippen LogP contribution in [0.4, 0.5) is 0 Å². The first-order valence-corrected chi connectivity index (χ1v) is 7.51. The second-order valence-electron chi connectivity index (χ2n) is 4.83. The van der Waals surface area contributed by atoms with E-state index < -0.39 is 6.10 Å². The van der Waals surface area contributed by atoms with Crippen LogP contribution in [0.3, 0.4) is 0 Å². The molecular weight excluding hydrogens is 322 g/mol. The number of carbonyl (C=O) groups excluding carboxylic acids is 1. The molecule has 0 saturated heterocycles. The first-order valence-electron chi connectivity index (χ1n) is 6.71. The topological polar surface area (TPSA) is 58.6 Å². The summed E-state index contributed by atoms with van der Waals surface area (Å²) >= 11 is 3.46. The van der Waals surface area contributed by atoms with Crippen LogP contribution in [-0.4, -0.2) is 37.4 Å². The number of halogens is 1. The minimum absolute atomic E-state index is 0.00943. The van der Waals surface area contributed by atoms with Gasteiger partial charge in [-0.15, -0.1) is 0 Å². The zero-order valence-electron chi connectivity index (χ0n) is 12.0. The number of aliphatic hydroxyl groups is 1. The van der Waals surface area contributed by atoms with Crippen molar-refractivity contribution >= 4 is 21.8 Å². The van der Waals surface area contributed by atoms with E-state index in [2.05, 4.69) is 27.3 Å². The second-order valence-corrected chi connectivity index (χ2v) is 5.69. The molecule has 4 nitrogen and oxygen atoms in total. The minimum Gasteiger partial charge on any atom is -0.391 e. The number of methoxy groups -OCH3 is 1. The van der Waals surface area contributed by atoms with Crippen LogP contribution >= 0.6 is 15.9 Å². The third-order valence-electron chi connectivity index (χ3n) is 3.02. The smallest absolute Gasteiger partial charge is 0.220 e. The van der Waals surface area contributed by atoms with Crippen molar-refractivity contribution in [1.29, 1.82) is 0 Å². The lowest BCUT2D eigenvalue weighted by molar-refractivity contribution is -0.121. The number of benzene rings is 1. The van der Waals surface area contributed by atoms with Crippen LogP contribution in [-0.2, 0) is 16.0 Å². The molecule has 1 unspecified atom stereocenters. The molecular formula is C15H22BrNO3. The maximum absolute atomic E-state index is 11.7. The molecule has 112 valence electrons. The van der Waals surface area contributed by atoms with Crippen molar-refractivity contribution < 1.29 is 14.6 Å². The van der Waals surface area contributed by atoms with Crippen LogP contribution < -0.4 is 5.32 Å². The molecule has 5 heteroatoms. The van der Waals surface area contributed by atoms with E-state index in [1.54, 1.807) is 7.11 Å². The molecule has 0 aliphatic carbocycles. The summed E-state index contributed by atoms with van der Waals surface area (Å²) in [4.78, 5) is 11.7. The Morgan fingerprint density at radius 2 is 2.25 bits per heavy atom. The van der Waals surface area contributed by atoms with E-state index in [1.807, 2.05) is 19.1 Å². The predicted molar refractivity (Wildman–Crippen MR) is 82.7 cm³/mol. The van der Waals surface area contributed by atoms with Gasteiger partial charge in [0.05, 0.1) is 12.7 Å². The molecule has 1 aromatic carbocycles. The molecule has 0 aliphatic rings. The number of hydrogen-bond donors (Lipinski definition) is 2. The Labute approximate surface area is 128 Å². The van der Waals surface area contributed by atoms with Gasteiger partial charge < -0.3 is 15.2 Å². The van der Waals surface area contributed by atoms with Gasteiger partial charge in [0.1, 0.15) is 0 Å². The highest BCUT2D eigenvalue weighted by molar-refractivity contribution is 9.10. The lowest BCUT2D eigenvalue weighted by Gasteiger charge is -2.10. The summed E-state index contributed by atoms with van der Waals surface area (Å²) in [6.45, 7) is 2.81. The van der Waals surface area contributed by atoms with Gasteiger partial charge in [0.25, 0.3) is 0 Å². The first-order chi connectivity index (χ1) is 9.52. The summed E-state index contributed by atoms with van der Waals surface area (Å²) in [5.41, 5.74) is 2.32. The Morgan fingerprint density at radius 1 is 1.50 bits per heavy atom. The molecule has 20 heavy (non-hydrogen) atoms. The van der Waals surface area contributed by atoms with Crippen molar-refractivity contribution in [2.24, 2.45) is 0 Å². The number of amides is 1. The van der Waals surface area contributed by atoms with Crippen LogP contribution in [0.2, 0.25) is 0 Å². The fraction of sp³-hybridized carbons (Fsp3) is 0.533. The fourth-order valence-corrected chi connectivity index (χ4v) is 2.11. The van der Waals surface area contributed by atoms with Crippen LogP contribution in [0, 0.1) is 6.92 Å². The molecule has 1 amide bonds. The van der Waals surface area contributed by atoms with Gasteiger partial charge in [0, 0.05) is 24.5 Å². The molecule has 0 saturated carbocycles. The third-order valence-corrected chi connectivity index (χ3v) is 3.91. The van der Waals surface area contributed by atoms with Gasteiger partial charge in [-0.05, 0) is 37.0 Å². The summed E-state index contributed by atoms with van der Waals surface area (Å²) in [5, 5.41) is 12.3. The highest BCUT2D eigenvalue weighted by Gasteiger charge is 2.06. The van der Waals surface area contributed by atoms with E-state index in [1.165, 1.54) is 5.56 Å². The zero-order chi connectivity index (χ0) is 15.0. The highest BCUT2D eigenvalue weighted by atomic mass is 79.9. The SMILES string of the molecule is COCC(O)CCNC(=O)CCc1ccc(Br)c(C)c1. The number of carbonyl (C=O) groups is 1. The molecule has 0 radical (unpaired) electrons. The molecule has 0 aliphatic heterocycles. The summed E-state index contributed by atoms with van der Waals surface area (Å²) in [7, 11) is 1.54. The zero-order valence-corrected chi connectivity index (χ0v) is 13.6. The lowest BCUT2D eigenvalue weighted by Crippen LogP contribution is -2.28. The van der Waals surface area contributed by atoms with Crippen LogP contribution in [0.25, 0.3) is 0 Å². The van der Waals surface area contributed by atoms with Gasteiger partial charge in [-0.2, -0.15) is 0 Å². The molecule has 2 N–H and O–H groups in total. The van der Waals surface area contributed by atoms with Crippen molar-refractivity contribution in [2.75, 3.05) is 20.3 Å². The van der Waals surface area contributed by atoms with Crippen LogP contribution in [0.5, 0.6) is 0 Å². The monoisotopic (exact) mass is 343 g/mol. The number of aliphatic hydroxyl groups excluding tert-OH is 1. The van der Waals surface area contributed by atoms with Gasteiger partial charge in [0.2, 0.25) is 5.91 Å². The number of hydrogen-bond acceptors (Lipinski definition) is 3. The van der Waals surface area contributed by atoms with Gasteiger partial charge in [-0.3, -0.25) is 4.79 Å². The van der Waals surface area contributed by atoms with E-state index in [0.717, 1.165) is 16.5 Å². The van der Waals surface area contributed by atoms with Gasteiger partial charge in [0.15, 0.2) is 0 Å². The maximum atomic E-state index is 11.7. The Balaban J connectivity index is 2.24. The molecule has 0 spiro atoms. The average Bonchev–Trinajstić information content (AvgIpc) is 2.40. The molecule has 1 atom stereocenters. The van der Waals surface area contributed by atoms with Crippen LogP contribution in [0.1, 0.15) is 24.0 Å². The van der Waals surface area contributed by atoms with E-state index >= 15 is 0 Å². The Kier molecular flexibility index (Phi) is 7.80. The molecule has 0 aromatic heterocycles. The Hall–Kier alpha value is -0.910. The molecule has 0 heterocycles. The number of nitrogens with one attached hydrogen (secondary N) is 1. The maximum Gasteiger partial charge on any atom is 0.220 e. The van der Waals surface area contributed by atoms with Gasteiger partial charge >= 0.3 is 0 Å². The van der Waals surface area contributed by atoms with Crippen LogP contribution in [0.15, 0.2) is 22.7 Å². The quantitative estimate of drug-likeness (QED) is 0.760. The highest BCUT2D eigenvalue weighted by Crippen LogP contribution is 2.17. The second kappa shape index (κ2) is 9.10. The number of ether oxygens (including phenoxy) is 1. The summed E-state index contributed by atoms with van der Waals surface area (Å²) < 4.78 is 5.90. The molecule has 1 rings (SSSR count). The summed E-state index contributed by atoms with van der Waals surface area (Å²) in [6, 6.07) is 6.11. The largest absolute Gasteiger partial charge is 0.391 e. The Morgan fingerprint density at radius 3 is 2.90 bits per heavy atom. The number of aryl methyl sites for hydroxylation is 2. The molecule has 1 aromatic rings. The van der Waals surface area contributed by atoms with Gasteiger partial charge in [-0.25, -0.2) is 0 Å². The average molecular weight is 344 g/mol. The molecule has 0 fully saturated rings. The van der Waals surface area contributed by atoms with E-state index in [9.17, 15) is 9.90 Å². The minimum atomic E-state index is -0.519. The van der Waals surface area contributed by atoms with Crippen molar-refractivity contribution in [3.05, 3.63) is 33.8 Å². The Bertz CT molecular complexity index is 437. The normalized spacial score (nSPS) is 12.2. The summed E-state index contributed by atoms with van der Waals surface area (Å²) in [5.74, 6) is 0.00943. The van der Waals surface area contributed by atoms with E-state index in [4.69, 9.17) is 4.74 Å². The molecule has 0 bridgehead atoms. The summed E-state index contributed by atoms with van der Waals surface area (Å²) in [6.07, 6.45) is 1.17. The van der Waals surface area contributed by atoms with E-state index in [0.29, 0.717) is 26.0 Å². The third kappa shape index (κ3) is 6.50. The number of rotatable bonds is 8. The van der Waals surface area contributed by atoms with Crippen molar-refractivity contribution in [3.8, 4) is 0 Å².